The van der Waals surface area contributed by atoms with E-state index >= 15 is 0 Å². The summed E-state index contributed by atoms with van der Waals surface area (Å²) in [4.78, 5) is 32.0. The number of carbonyl (C=O) groups excluding carboxylic acids is 1. The number of H-pyrrole nitrogens is 1. The van der Waals surface area contributed by atoms with Crippen molar-refractivity contribution in [1.29, 1.82) is 0 Å². The van der Waals surface area contributed by atoms with Gasteiger partial charge in [0.25, 0.3) is 0 Å². The number of hydrogen-bond acceptors (Lipinski definition) is 4. The van der Waals surface area contributed by atoms with E-state index in [1.807, 2.05) is 4.90 Å². The fourth-order valence-electron chi connectivity index (χ4n) is 4.39. The normalized spacial score (nSPS) is 16.8. The van der Waals surface area contributed by atoms with Crippen molar-refractivity contribution < 1.29 is 13.6 Å². The SMILES string of the molecule is CN(C)C(=O)N1CCCCC1Cn1cc(F)c2cnc(-c3c[nH]c4ncc(F)cc34)nc21. The Kier molecular flexibility index (Phi) is 4.99. The lowest BCUT2D eigenvalue weighted by molar-refractivity contribution is 0.121. The molecule has 1 atom stereocenters. The number of carbonyl (C=O) groups is 1. The highest BCUT2D eigenvalue weighted by molar-refractivity contribution is 5.92. The van der Waals surface area contributed by atoms with Crippen LogP contribution in [0, 0.1) is 11.6 Å². The van der Waals surface area contributed by atoms with Crippen molar-refractivity contribution in [3.05, 3.63) is 42.5 Å². The lowest BCUT2D eigenvalue weighted by Gasteiger charge is -2.37. The molecule has 5 rings (SSSR count). The predicted octanol–water partition coefficient (Wildman–Crippen LogP) is 3.79. The molecule has 1 N–H and O–H groups in total. The molecule has 166 valence electrons. The van der Waals surface area contributed by atoms with Crippen molar-refractivity contribution in [2.75, 3.05) is 20.6 Å². The van der Waals surface area contributed by atoms with Crippen molar-refractivity contribution >= 4 is 28.1 Å². The van der Waals surface area contributed by atoms with E-state index in [9.17, 15) is 13.6 Å². The average Bonchev–Trinajstić information content (AvgIpc) is 3.34. The number of halogens is 2. The number of pyridine rings is 1. The molecule has 2 amide bonds. The highest BCUT2D eigenvalue weighted by Gasteiger charge is 2.29. The summed E-state index contributed by atoms with van der Waals surface area (Å²) in [6, 6.07) is 1.27. The number of fused-ring (bicyclic) bond motifs is 2. The summed E-state index contributed by atoms with van der Waals surface area (Å²) in [5, 5.41) is 0.858. The molecule has 8 nitrogen and oxygen atoms in total. The first-order valence-electron chi connectivity index (χ1n) is 10.5. The molecular weight excluding hydrogens is 416 g/mol. The number of aromatic amines is 1. The number of likely N-dealkylation sites (tertiary alicyclic amines) is 1. The topological polar surface area (TPSA) is 82.9 Å². The Hall–Kier alpha value is -3.56. The molecule has 4 aromatic rings. The van der Waals surface area contributed by atoms with Gasteiger partial charge in [0.1, 0.15) is 17.1 Å². The lowest BCUT2D eigenvalue weighted by Crippen LogP contribution is -2.49. The van der Waals surface area contributed by atoms with Crippen LogP contribution in [0.4, 0.5) is 13.6 Å². The van der Waals surface area contributed by atoms with E-state index in [1.54, 1.807) is 29.8 Å². The van der Waals surface area contributed by atoms with Gasteiger partial charge >= 0.3 is 6.03 Å². The number of hydrogen-bond donors (Lipinski definition) is 1. The molecular formula is C22H23F2N7O. The van der Waals surface area contributed by atoms with Gasteiger partial charge in [0.15, 0.2) is 11.6 Å². The summed E-state index contributed by atoms with van der Waals surface area (Å²) in [5.41, 5.74) is 1.55. The Morgan fingerprint density at radius 3 is 2.88 bits per heavy atom. The van der Waals surface area contributed by atoms with Crippen molar-refractivity contribution in [1.82, 2.24) is 34.3 Å². The summed E-state index contributed by atoms with van der Waals surface area (Å²) >= 11 is 0. The zero-order valence-corrected chi connectivity index (χ0v) is 17.8. The fourth-order valence-corrected chi connectivity index (χ4v) is 4.39. The van der Waals surface area contributed by atoms with E-state index in [2.05, 4.69) is 19.9 Å². The minimum atomic E-state index is -0.461. The zero-order valence-electron chi connectivity index (χ0n) is 17.8. The van der Waals surface area contributed by atoms with Gasteiger partial charge in [-0.3, -0.25) is 0 Å². The Balaban J connectivity index is 1.54. The maximum Gasteiger partial charge on any atom is 0.319 e. The Labute approximate surface area is 182 Å². The Morgan fingerprint density at radius 2 is 2.06 bits per heavy atom. The van der Waals surface area contributed by atoms with Crippen LogP contribution in [0.25, 0.3) is 33.5 Å². The summed E-state index contributed by atoms with van der Waals surface area (Å²) in [6.45, 7) is 1.11. The second-order valence-corrected chi connectivity index (χ2v) is 8.33. The number of amides is 2. The van der Waals surface area contributed by atoms with E-state index < -0.39 is 11.6 Å². The molecule has 1 aliphatic heterocycles. The zero-order chi connectivity index (χ0) is 22.4. The molecule has 0 spiro atoms. The van der Waals surface area contributed by atoms with Crippen LogP contribution >= 0.6 is 0 Å². The molecule has 0 bridgehead atoms. The van der Waals surface area contributed by atoms with Crippen LogP contribution in [0.1, 0.15) is 19.3 Å². The summed E-state index contributed by atoms with van der Waals surface area (Å²) < 4.78 is 30.2. The van der Waals surface area contributed by atoms with Gasteiger partial charge in [0, 0.05) is 56.7 Å². The highest BCUT2D eigenvalue weighted by Crippen LogP contribution is 2.29. The Morgan fingerprint density at radius 1 is 1.22 bits per heavy atom. The van der Waals surface area contributed by atoms with Gasteiger partial charge in [0.05, 0.1) is 17.6 Å². The molecule has 5 heterocycles. The monoisotopic (exact) mass is 439 g/mol. The standard InChI is InChI=1S/C22H23F2N7O/c1-29(2)22(32)31-6-4-3-5-14(31)11-30-12-18(24)17-10-27-20(28-21(17)30)16-9-26-19-15(16)7-13(23)8-25-19/h7-10,12,14H,3-6,11H2,1-2H3,(H,25,26). The third-order valence-electron chi connectivity index (χ3n) is 5.97. The largest absolute Gasteiger partial charge is 0.345 e. The molecule has 1 aliphatic rings. The average molecular weight is 439 g/mol. The van der Waals surface area contributed by atoms with Crippen molar-refractivity contribution in [2.24, 2.45) is 0 Å². The number of nitrogens with one attached hydrogen (secondary N) is 1. The first kappa shape index (κ1) is 20.3. The Bertz CT molecular complexity index is 1310. The van der Waals surface area contributed by atoms with Gasteiger partial charge in [-0.25, -0.2) is 28.5 Å². The molecule has 1 saturated heterocycles. The van der Waals surface area contributed by atoms with E-state index in [4.69, 9.17) is 0 Å². The van der Waals surface area contributed by atoms with Crippen LogP contribution < -0.4 is 0 Å². The van der Waals surface area contributed by atoms with Crippen LogP contribution in [0.5, 0.6) is 0 Å². The van der Waals surface area contributed by atoms with Crippen molar-refractivity contribution in [3.8, 4) is 11.4 Å². The number of aromatic nitrogens is 5. The van der Waals surface area contributed by atoms with Gasteiger partial charge in [-0.05, 0) is 25.3 Å². The van der Waals surface area contributed by atoms with Crippen LogP contribution in [-0.4, -0.2) is 67.0 Å². The van der Waals surface area contributed by atoms with Crippen LogP contribution in [0.2, 0.25) is 0 Å². The van der Waals surface area contributed by atoms with Crippen LogP contribution in [-0.2, 0) is 6.54 Å². The van der Waals surface area contributed by atoms with Crippen molar-refractivity contribution in [3.63, 3.8) is 0 Å². The summed E-state index contributed by atoms with van der Waals surface area (Å²) in [7, 11) is 3.47. The minimum Gasteiger partial charge on any atom is -0.345 e. The van der Waals surface area contributed by atoms with E-state index in [0.717, 1.165) is 25.5 Å². The summed E-state index contributed by atoms with van der Waals surface area (Å²) in [6.07, 6.45) is 8.46. The molecule has 0 radical (unpaired) electrons. The highest BCUT2D eigenvalue weighted by atomic mass is 19.1. The molecule has 32 heavy (non-hydrogen) atoms. The van der Waals surface area contributed by atoms with E-state index in [-0.39, 0.29) is 12.1 Å². The number of rotatable bonds is 3. The van der Waals surface area contributed by atoms with Gasteiger partial charge in [0.2, 0.25) is 0 Å². The van der Waals surface area contributed by atoms with Gasteiger partial charge in [-0.1, -0.05) is 0 Å². The quantitative estimate of drug-likeness (QED) is 0.527. The first-order chi connectivity index (χ1) is 15.4. The summed E-state index contributed by atoms with van der Waals surface area (Å²) in [5.74, 6) is -0.531. The van der Waals surface area contributed by atoms with Gasteiger partial charge in [-0.15, -0.1) is 0 Å². The van der Waals surface area contributed by atoms with E-state index in [0.29, 0.717) is 46.5 Å². The maximum atomic E-state index is 14.7. The van der Waals surface area contributed by atoms with Crippen LogP contribution in [0.15, 0.2) is 30.9 Å². The molecule has 1 unspecified atom stereocenters. The smallest absolute Gasteiger partial charge is 0.319 e. The third-order valence-corrected chi connectivity index (χ3v) is 5.97. The molecule has 10 heteroatoms. The van der Waals surface area contributed by atoms with Crippen LogP contribution in [0.3, 0.4) is 0 Å². The lowest BCUT2D eigenvalue weighted by atomic mass is 10.0. The van der Waals surface area contributed by atoms with Gasteiger partial charge < -0.3 is 19.4 Å². The number of nitrogens with zero attached hydrogens (tertiary/aromatic N) is 6. The fraction of sp³-hybridized carbons (Fsp3) is 0.364. The maximum absolute atomic E-state index is 14.7. The van der Waals surface area contributed by atoms with Crippen molar-refractivity contribution in [2.45, 2.75) is 31.8 Å². The molecule has 0 saturated carbocycles. The molecule has 0 aromatic carbocycles. The number of urea groups is 1. The molecule has 0 aliphatic carbocycles. The number of piperidine rings is 1. The minimum absolute atomic E-state index is 0.0460. The van der Waals surface area contributed by atoms with E-state index in [1.165, 1.54) is 18.5 Å². The van der Waals surface area contributed by atoms with Gasteiger partial charge in [-0.2, -0.15) is 0 Å². The second-order valence-electron chi connectivity index (χ2n) is 8.33. The second kappa shape index (κ2) is 7.85. The third kappa shape index (κ3) is 3.45. The predicted molar refractivity (Wildman–Crippen MR) is 116 cm³/mol. The molecule has 4 aromatic heterocycles. The first-order valence-corrected chi connectivity index (χ1v) is 10.5. The molecule has 1 fully saturated rings.